The lowest BCUT2D eigenvalue weighted by molar-refractivity contribution is -0.141. The third-order valence-electron chi connectivity index (χ3n) is 1.96. The van der Waals surface area contributed by atoms with Gasteiger partial charge >= 0.3 is 5.97 Å². The van der Waals surface area contributed by atoms with E-state index in [2.05, 4.69) is 15.3 Å². The molecule has 0 bridgehead atoms. The van der Waals surface area contributed by atoms with E-state index in [0.717, 1.165) is 0 Å². The van der Waals surface area contributed by atoms with E-state index >= 15 is 0 Å². The topological polar surface area (TPSA) is 112 Å². The molecule has 1 aromatic rings. The van der Waals surface area contributed by atoms with Gasteiger partial charge < -0.3 is 15.5 Å². The Bertz CT molecular complexity index is 405. The quantitative estimate of drug-likeness (QED) is 0.634. The van der Waals surface area contributed by atoms with Crippen molar-refractivity contribution in [3.8, 4) is 0 Å². The molecule has 3 N–H and O–H groups in total. The maximum absolute atomic E-state index is 11.5. The maximum Gasteiger partial charge on any atom is 0.306 e. The lowest BCUT2D eigenvalue weighted by Gasteiger charge is -2.21. The number of nitrogens with zero attached hydrogens (tertiary/aromatic N) is 2. The largest absolute Gasteiger partial charge is 0.481 e. The van der Waals surface area contributed by atoms with E-state index in [1.54, 1.807) is 0 Å². The molecule has 7 heteroatoms. The van der Waals surface area contributed by atoms with Crippen LogP contribution in [0.5, 0.6) is 0 Å². The molecule has 0 aromatic carbocycles. The van der Waals surface area contributed by atoms with E-state index in [1.165, 1.54) is 25.5 Å². The standard InChI is InChI=1S/C10H13N3O4/c1-10(17,4-8(14)15)6-13-9(16)7-5-11-2-3-12-7/h2-3,5,17H,4,6H2,1H3,(H,13,16)(H,14,15). The molecule has 1 heterocycles. The summed E-state index contributed by atoms with van der Waals surface area (Å²) in [6, 6.07) is 0. The normalized spacial score (nSPS) is 13.8. The number of aliphatic carboxylic acids is 1. The smallest absolute Gasteiger partial charge is 0.306 e. The second-order valence-electron chi connectivity index (χ2n) is 3.84. The number of carbonyl (C=O) groups is 2. The lowest BCUT2D eigenvalue weighted by Crippen LogP contribution is -2.42. The summed E-state index contributed by atoms with van der Waals surface area (Å²) in [5.41, 5.74) is -1.39. The number of carboxylic acid groups (broad SMARTS) is 1. The van der Waals surface area contributed by atoms with Crippen LogP contribution >= 0.6 is 0 Å². The molecule has 0 spiro atoms. The molecule has 7 nitrogen and oxygen atoms in total. The molecule has 17 heavy (non-hydrogen) atoms. The first kappa shape index (κ1) is 13.0. The molecular weight excluding hydrogens is 226 g/mol. The van der Waals surface area contributed by atoms with Crippen molar-refractivity contribution >= 4 is 11.9 Å². The Kier molecular flexibility index (Phi) is 4.11. The van der Waals surface area contributed by atoms with Gasteiger partial charge in [0.2, 0.25) is 0 Å². The van der Waals surface area contributed by atoms with Crippen molar-refractivity contribution in [1.82, 2.24) is 15.3 Å². The van der Waals surface area contributed by atoms with Crippen molar-refractivity contribution in [1.29, 1.82) is 0 Å². The monoisotopic (exact) mass is 239 g/mol. The molecule has 0 saturated heterocycles. The molecule has 1 aromatic heterocycles. The van der Waals surface area contributed by atoms with Gasteiger partial charge in [-0.15, -0.1) is 0 Å². The summed E-state index contributed by atoms with van der Waals surface area (Å²) in [7, 11) is 0. The Hall–Kier alpha value is -2.02. The van der Waals surface area contributed by atoms with Gasteiger partial charge in [0, 0.05) is 18.9 Å². The molecule has 0 saturated carbocycles. The van der Waals surface area contributed by atoms with Gasteiger partial charge in [-0.2, -0.15) is 0 Å². The first-order valence-electron chi connectivity index (χ1n) is 4.89. The fourth-order valence-electron chi connectivity index (χ4n) is 1.17. The van der Waals surface area contributed by atoms with E-state index in [4.69, 9.17) is 5.11 Å². The van der Waals surface area contributed by atoms with E-state index in [1.807, 2.05) is 0 Å². The number of aliphatic hydroxyl groups is 1. The van der Waals surface area contributed by atoms with Gasteiger partial charge in [-0.1, -0.05) is 0 Å². The predicted octanol–water partition coefficient (Wildman–Crippen LogP) is -0.568. The van der Waals surface area contributed by atoms with Crippen molar-refractivity contribution in [2.45, 2.75) is 18.9 Å². The molecular formula is C10H13N3O4. The third-order valence-corrected chi connectivity index (χ3v) is 1.96. The minimum atomic E-state index is -1.50. The van der Waals surface area contributed by atoms with Crippen LogP contribution in [0.4, 0.5) is 0 Å². The van der Waals surface area contributed by atoms with Crippen LogP contribution in [0.3, 0.4) is 0 Å². The van der Waals surface area contributed by atoms with E-state index in [-0.39, 0.29) is 12.2 Å². The molecule has 0 aliphatic carbocycles. The van der Waals surface area contributed by atoms with Crippen LogP contribution in [0, 0.1) is 0 Å². The molecule has 0 aliphatic rings. The summed E-state index contributed by atoms with van der Waals surface area (Å²) in [6.45, 7) is 1.16. The van der Waals surface area contributed by atoms with Crippen LogP contribution in [-0.2, 0) is 4.79 Å². The highest BCUT2D eigenvalue weighted by molar-refractivity contribution is 5.91. The van der Waals surface area contributed by atoms with Crippen LogP contribution in [-0.4, -0.2) is 44.2 Å². The Balaban J connectivity index is 2.51. The Morgan fingerprint density at radius 2 is 2.18 bits per heavy atom. The van der Waals surface area contributed by atoms with Gasteiger partial charge in [-0.25, -0.2) is 4.98 Å². The van der Waals surface area contributed by atoms with Crippen molar-refractivity contribution in [3.05, 3.63) is 24.3 Å². The number of hydrogen-bond acceptors (Lipinski definition) is 5. The van der Waals surface area contributed by atoms with Gasteiger partial charge in [0.05, 0.1) is 18.2 Å². The highest BCUT2D eigenvalue weighted by Crippen LogP contribution is 2.07. The summed E-state index contributed by atoms with van der Waals surface area (Å²) in [6.07, 6.45) is 3.62. The van der Waals surface area contributed by atoms with E-state index < -0.39 is 23.9 Å². The number of rotatable bonds is 5. The average molecular weight is 239 g/mol. The number of aromatic nitrogens is 2. The fourth-order valence-corrected chi connectivity index (χ4v) is 1.17. The highest BCUT2D eigenvalue weighted by atomic mass is 16.4. The Labute approximate surface area is 97.5 Å². The Morgan fingerprint density at radius 3 is 2.71 bits per heavy atom. The minimum absolute atomic E-state index is 0.110. The van der Waals surface area contributed by atoms with E-state index in [9.17, 15) is 14.7 Å². The van der Waals surface area contributed by atoms with Crippen LogP contribution in [0.15, 0.2) is 18.6 Å². The second-order valence-corrected chi connectivity index (χ2v) is 3.84. The number of hydrogen-bond donors (Lipinski definition) is 3. The number of carboxylic acids is 1. The van der Waals surface area contributed by atoms with Gasteiger partial charge in [-0.3, -0.25) is 14.6 Å². The third kappa shape index (κ3) is 4.56. The predicted molar refractivity (Wildman–Crippen MR) is 57.2 cm³/mol. The zero-order chi connectivity index (χ0) is 12.9. The summed E-state index contributed by atoms with van der Waals surface area (Å²) < 4.78 is 0. The summed E-state index contributed by atoms with van der Waals surface area (Å²) in [4.78, 5) is 29.4. The average Bonchev–Trinajstić information content (AvgIpc) is 2.25. The van der Waals surface area contributed by atoms with Crippen molar-refractivity contribution in [3.63, 3.8) is 0 Å². The first-order valence-corrected chi connectivity index (χ1v) is 4.89. The first-order chi connectivity index (χ1) is 7.91. The fraction of sp³-hybridized carbons (Fsp3) is 0.400. The zero-order valence-corrected chi connectivity index (χ0v) is 9.25. The highest BCUT2D eigenvalue weighted by Gasteiger charge is 2.25. The van der Waals surface area contributed by atoms with Crippen LogP contribution in [0.2, 0.25) is 0 Å². The van der Waals surface area contributed by atoms with Crippen LogP contribution in [0.25, 0.3) is 0 Å². The van der Waals surface area contributed by atoms with E-state index in [0.29, 0.717) is 0 Å². The van der Waals surface area contributed by atoms with Gasteiger partial charge in [0.25, 0.3) is 5.91 Å². The molecule has 0 radical (unpaired) electrons. The van der Waals surface area contributed by atoms with Crippen molar-refractivity contribution in [2.24, 2.45) is 0 Å². The zero-order valence-electron chi connectivity index (χ0n) is 9.25. The number of amides is 1. The summed E-state index contributed by atoms with van der Waals surface area (Å²) in [5.74, 6) is -1.65. The van der Waals surface area contributed by atoms with Crippen LogP contribution < -0.4 is 5.32 Å². The molecule has 0 aliphatic heterocycles. The number of nitrogens with one attached hydrogen (secondary N) is 1. The molecule has 0 fully saturated rings. The van der Waals surface area contributed by atoms with Crippen molar-refractivity contribution < 1.29 is 19.8 Å². The van der Waals surface area contributed by atoms with Gasteiger partial charge in [0.1, 0.15) is 5.69 Å². The van der Waals surface area contributed by atoms with Crippen LogP contribution in [0.1, 0.15) is 23.8 Å². The minimum Gasteiger partial charge on any atom is -0.481 e. The molecule has 1 rings (SSSR count). The molecule has 1 unspecified atom stereocenters. The SMILES string of the molecule is CC(O)(CNC(=O)c1cnccn1)CC(=O)O. The molecule has 1 amide bonds. The molecule has 92 valence electrons. The second kappa shape index (κ2) is 5.35. The summed E-state index contributed by atoms with van der Waals surface area (Å²) >= 11 is 0. The van der Waals surface area contributed by atoms with Gasteiger partial charge in [0.15, 0.2) is 0 Å². The van der Waals surface area contributed by atoms with Crippen molar-refractivity contribution in [2.75, 3.05) is 6.54 Å². The molecule has 1 atom stereocenters. The summed E-state index contributed by atoms with van der Waals surface area (Å²) in [5, 5.41) is 20.6. The van der Waals surface area contributed by atoms with Gasteiger partial charge in [-0.05, 0) is 6.92 Å². The number of carbonyl (C=O) groups excluding carboxylic acids is 1. The lowest BCUT2D eigenvalue weighted by atomic mass is 10.0. The Morgan fingerprint density at radius 1 is 1.47 bits per heavy atom. The maximum atomic E-state index is 11.5.